The van der Waals surface area contributed by atoms with Gasteiger partial charge in [0.15, 0.2) is 0 Å². The van der Waals surface area contributed by atoms with Gasteiger partial charge in [0.1, 0.15) is 18.1 Å². The minimum absolute atomic E-state index is 0.0165. The first-order valence-corrected chi connectivity index (χ1v) is 13.8. The zero-order chi connectivity index (χ0) is 25.9. The molecule has 2 aliphatic rings. The summed E-state index contributed by atoms with van der Waals surface area (Å²) in [6, 6.07) is 19.6. The molecule has 8 heteroatoms. The average molecular weight is 518 g/mol. The maximum absolute atomic E-state index is 13.5. The number of fused-ring (bicyclic) bond motifs is 2. The van der Waals surface area contributed by atoms with Gasteiger partial charge in [-0.05, 0) is 54.2 Å². The van der Waals surface area contributed by atoms with Crippen LogP contribution in [0.5, 0.6) is 5.75 Å². The number of hydrogen-bond donors (Lipinski definition) is 0. The van der Waals surface area contributed by atoms with Gasteiger partial charge in [0, 0.05) is 42.3 Å². The molecule has 0 spiro atoms. The van der Waals surface area contributed by atoms with Crippen LogP contribution in [-0.4, -0.2) is 38.9 Å². The normalized spacial score (nSPS) is 20.7. The van der Waals surface area contributed by atoms with Gasteiger partial charge >= 0.3 is 0 Å². The van der Waals surface area contributed by atoms with Gasteiger partial charge in [-0.2, -0.15) is 0 Å². The minimum atomic E-state index is -0.454. The summed E-state index contributed by atoms with van der Waals surface area (Å²) < 4.78 is 6.48. The second kappa shape index (κ2) is 10.9. The van der Waals surface area contributed by atoms with Gasteiger partial charge in [-0.15, -0.1) is 11.8 Å². The Morgan fingerprint density at radius 2 is 1.78 bits per heavy atom. The molecular formula is C29H31N3O4S. The van der Waals surface area contributed by atoms with E-state index in [1.807, 2.05) is 30.3 Å². The SMILES string of the molecule is CC(C)c1ccccc1OC1C[C@H]2CC[C@@H](C1)N2C(=O)c1ccc(CSc2ccc([N+](=O)[O-])cn2)cc1. The number of nitrogens with zero attached hydrogens (tertiary/aromatic N) is 3. The molecule has 0 aliphatic carbocycles. The summed E-state index contributed by atoms with van der Waals surface area (Å²) in [6.45, 7) is 4.37. The fourth-order valence-corrected chi connectivity index (χ4v) is 6.21. The molecule has 37 heavy (non-hydrogen) atoms. The maximum atomic E-state index is 13.5. The first kappa shape index (κ1) is 25.3. The number of aromatic nitrogens is 1. The van der Waals surface area contributed by atoms with Gasteiger partial charge in [-0.25, -0.2) is 4.98 Å². The summed E-state index contributed by atoms with van der Waals surface area (Å²) in [4.78, 5) is 30.0. The van der Waals surface area contributed by atoms with Crippen molar-refractivity contribution in [3.05, 3.63) is 93.7 Å². The molecule has 192 valence electrons. The van der Waals surface area contributed by atoms with Crippen LogP contribution in [0.25, 0.3) is 0 Å². The Labute approximate surface area is 221 Å². The molecule has 0 radical (unpaired) electrons. The number of nitro groups is 1. The van der Waals surface area contributed by atoms with Gasteiger partial charge in [-0.3, -0.25) is 14.9 Å². The summed E-state index contributed by atoms with van der Waals surface area (Å²) in [5.41, 5.74) is 3.00. The highest BCUT2D eigenvalue weighted by Gasteiger charge is 2.44. The summed E-state index contributed by atoms with van der Waals surface area (Å²) >= 11 is 1.51. The smallest absolute Gasteiger partial charge is 0.287 e. The van der Waals surface area contributed by atoms with Crippen molar-refractivity contribution in [3.63, 3.8) is 0 Å². The summed E-state index contributed by atoms with van der Waals surface area (Å²) in [6.07, 6.45) is 5.19. The number of piperidine rings is 1. The molecule has 3 heterocycles. The molecule has 1 unspecified atom stereocenters. The van der Waals surface area contributed by atoms with Crippen LogP contribution in [0.4, 0.5) is 5.69 Å². The van der Waals surface area contributed by atoms with Crippen LogP contribution in [0.3, 0.4) is 0 Å². The number of carbonyl (C=O) groups is 1. The minimum Gasteiger partial charge on any atom is -0.490 e. The lowest BCUT2D eigenvalue weighted by Gasteiger charge is -2.39. The molecule has 7 nitrogen and oxygen atoms in total. The molecule has 2 fully saturated rings. The Morgan fingerprint density at radius 1 is 1.08 bits per heavy atom. The lowest BCUT2D eigenvalue weighted by atomic mass is 9.97. The van der Waals surface area contributed by atoms with Crippen LogP contribution in [0.2, 0.25) is 0 Å². The molecule has 0 N–H and O–H groups in total. The number of para-hydroxylation sites is 1. The number of amides is 1. The predicted molar refractivity (Wildman–Crippen MR) is 144 cm³/mol. The zero-order valence-electron chi connectivity index (χ0n) is 21.1. The number of pyridine rings is 1. The van der Waals surface area contributed by atoms with Crippen LogP contribution in [0.15, 0.2) is 71.9 Å². The Balaban J connectivity index is 1.19. The average Bonchev–Trinajstić information content (AvgIpc) is 3.17. The Morgan fingerprint density at radius 3 is 2.41 bits per heavy atom. The lowest BCUT2D eigenvalue weighted by Crippen LogP contribution is -2.49. The van der Waals surface area contributed by atoms with Crippen molar-refractivity contribution in [1.29, 1.82) is 0 Å². The highest BCUT2D eigenvalue weighted by atomic mass is 32.2. The predicted octanol–water partition coefficient (Wildman–Crippen LogP) is 6.62. The van der Waals surface area contributed by atoms with E-state index in [0.29, 0.717) is 17.2 Å². The molecule has 5 rings (SSSR count). The summed E-state index contributed by atoms with van der Waals surface area (Å²) in [7, 11) is 0. The molecule has 1 amide bonds. The first-order valence-electron chi connectivity index (χ1n) is 12.8. The third-order valence-corrected chi connectivity index (χ3v) is 8.29. The molecule has 1 aromatic heterocycles. The second-order valence-corrected chi connectivity index (χ2v) is 11.1. The highest BCUT2D eigenvalue weighted by molar-refractivity contribution is 7.98. The fourth-order valence-electron chi connectivity index (χ4n) is 5.42. The number of carbonyl (C=O) groups excluding carboxylic acids is 1. The van der Waals surface area contributed by atoms with Crippen molar-refractivity contribution in [2.24, 2.45) is 0 Å². The number of rotatable bonds is 8. The number of benzene rings is 2. The highest BCUT2D eigenvalue weighted by Crippen LogP contribution is 2.39. The zero-order valence-corrected chi connectivity index (χ0v) is 21.9. The van der Waals surface area contributed by atoms with Gasteiger partial charge in [-0.1, -0.05) is 44.2 Å². The lowest BCUT2D eigenvalue weighted by molar-refractivity contribution is -0.385. The van der Waals surface area contributed by atoms with E-state index in [0.717, 1.165) is 42.0 Å². The van der Waals surface area contributed by atoms with Crippen LogP contribution in [-0.2, 0) is 5.75 Å². The van der Waals surface area contributed by atoms with Crippen LogP contribution < -0.4 is 4.74 Å². The number of thioether (sulfide) groups is 1. The quantitative estimate of drug-likeness (QED) is 0.190. The van der Waals surface area contributed by atoms with Crippen LogP contribution in [0, 0.1) is 10.1 Å². The van der Waals surface area contributed by atoms with Crippen molar-refractivity contribution in [2.75, 3.05) is 0 Å². The van der Waals surface area contributed by atoms with Crippen LogP contribution >= 0.6 is 11.8 Å². The number of hydrogen-bond acceptors (Lipinski definition) is 6. The van der Waals surface area contributed by atoms with E-state index in [9.17, 15) is 14.9 Å². The largest absolute Gasteiger partial charge is 0.490 e. The third-order valence-electron chi connectivity index (χ3n) is 7.28. The van der Waals surface area contributed by atoms with Gasteiger partial charge in [0.2, 0.25) is 0 Å². The standard InChI is InChI=1S/C29H31N3O4S/c1-19(2)26-5-3-4-6-27(26)36-25-15-22-11-12-23(16-25)31(22)29(33)21-9-7-20(8-10-21)18-37-28-14-13-24(17-30-28)32(34)35/h3-10,13-14,17,19,22-23,25H,11-12,15-16,18H2,1-2H3/t22-,23+,25?. The van der Waals surface area contributed by atoms with Gasteiger partial charge < -0.3 is 9.64 Å². The van der Waals surface area contributed by atoms with Crippen molar-refractivity contribution in [3.8, 4) is 5.75 Å². The van der Waals surface area contributed by atoms with Crippen molar-refractivity contribution >= 4 is 23.4 Å². The van der Waals surface area contributed by atoms with E-state index in [4.69, 9.17) is 4.74 Å². The van der Waals surface area contributed by atoms with E-state index in [1.54, 1.807) is 6.07 Å². The van der Waals surface area contributed by atoms with E-state index in [2.05, 4.69) is 41.9 Å². The molecule has 3 atom stereocenters. The van der Waals surface area contributed by atoms with E-state index < -0.39 is 4.92 Å². The molecule has 2 aromatic carbocycles. The summed E-state index contributed by atoms with van der Waals surface area (Å²) in [5, 5.41) is 11.5. The molecule has 3 aromatic rings. The summed E-state index contributed by atoms with van der Waals surface area (Å²) in [5.74, 6) is 2.15. The van der Waals surface area contributed by atoms with E-state index in [1.165, 1.54) is 29.6 Å². The van der Waals surface area contributed by atoms with Gasteiger partial charge in [0.25, 0.3) is 11.6 Å². The fraction of sp³-hybridized carbons (Fsp3) is 0.379. The molecular weight excluding hydrogens is 486 g/mol. The third kappa shape index (κ3) is 5.64. The first-order chi connectivity index (χ1) is 17.9. The Hall–Kier alpha value is -3.39. The monoisotopic (exact) mass is 517 g/mol. The molecule has 2 aliphatic heterocycles. The van der Waals surface area contributed by atoms with Crippen molar-refractivity contribution < 1.29 is 14.5 Å². The van der Waals surface area contributed by atoms with E-state index >= 15 is 0 Å². The van der Waals surface area contributed by atoms with E-state index in [-0.39, 0.29) is 29.8 Å². The maximum Gasteiger partial charge on any atom is 0.287 e. The topological polar surface area (TPSA) is 85.6 Å². The van der Waals surface area contributed by atoms with Crippen molar-refractivity contribution in [1.82, 2.24) is 9.88 Å². The second-order valence-electron chi connectivity index (χ2n) is 10.1. The molecule has 2 bridgehead atoms. The van der Waals surface area contributed by atoms with Gasteiger partial charge in [0.05, 0.1) is 9.95 Å². The number of ether oxygens (including phenoxy) is 1. The van der Waals surface area contributed by atoms with Crippen molar-refractivity contribution in [2.45, 2.75) is 74.4 Å². The Bertz CT molecular complexity index is 1250. The Kier molecular flexibility index (Phi) is 7.46. The molecule has 2 saturated heterocycles. The van der Waals surface area contributed by atoms with Crippen LogP contribution in [0.1, 0.15) is 66.9 Å². The molecule has 0 saturated carbocycles.